The van der Waals surface area contributed by atoms with Crippen LogP contribution in [-0.2, 0) is 9.53 Å². The molecule has 0 spiro atoms. The second-order valence-electron chi connectivity index (χ2n) is 7.01. The minimum absolute atomic E-state index is 0.180. The predicted octanol–water partition coefficient (Wildman–Crippen LogP) is 3.23. The van der Waals surface area contributed by atoms with Gasteiger partial charge in [-0.2, -0.15) is 0 Å². The van der Waals surface area contributed by atoms with Crippen LogP contribution >= 0.6 is 0 Å². The monoisotopic (exact) mass is 395 g/mol. The first-order valence-corrected chi connectivity index (χ1v) is 9.55. The van der Waals surface area contributed by atoms with Crippen LogP contribution in [0.4, 0.5) is 14.9 Å². The maximum atomic E-state index is 13.9. The highest BCUT2D eigenvalue weighted by Gasteiger charge is 2.38. The summed E-state index contributed by atoms with van der Waals surface area (Å²) in [7, 11) is 0. The van der Waals surface area contributed by atoms with Crippen molar-refractivity contribution in [3.05, 3.63) is 77.2 Å². The number of hydrogen-bond donors (Lipinski definition) is 1. The number of benzene rings is 2. The lowest BCUT2D eigenvalue weighted by molar-refractivity contribution is -0.131. The van der Waals surface area contributed by atoms with Gasteiger partial charge in [0.05, 0.1) is 30.5 Å². The first-order valence-electron chi connectivity index (χ1n) is 9.55. The number of halogens is 1. The van der Waals surface area contributed by atoms with Crippen molar-refractivity contribution >= 4 is 17.6 Å². The highest BCUT2D eigenvalue weighted by atomic mass is 19.1. The molecule has 3 amide bonds. The summed E-state index contributed by atoms with van der Waals surface area (Å²) >= 11 is 0. The van der Waals surface area contributed by atoms with E-state index in [1.165, 1.54) is 17.0 Å². The van der Waals surface area contributed by atoms with E-state index in [0.29, 0.717) is 48.8 Å². The quantitative estimate of drug-likeness (QED) is 0.868. The summed E-state index contributed by atoms with van der Waals surface area (Å²) in [4.78, 5) is 29.6. The smallest absolute Gasteiger partial charge is 0.326 e. The summed E-state index contributed by atoms with van der Waals surface area (Å²) in [5.74, 6) is -0.598. The van der Waals surface area contributed by atoms with Gasteiger partial charge in [-0.25, -0.2) is 9.18 Å². The van der Waals surface area contributed by atoms with E-state index < -0.39 is 11.9 Å². The van der Waals surface area contributed by atoms with Crippen LogP contribution in [0.3, 0.4) is 0 Å². The zero-order valence-corrected chi connectivity index (χ0v) is 16.1. The van der Waals surface area contributed by atoms with E-state index >= 15 is 0 Å². The van der Waals surface area contributed by atoms with E-state index in [0.717, 1.165) is 0 Å². The van der Waals surface area contributed by atoms with Gasteiger partial charge in [0, 0.05) is 18.8 Å². The number of ether oxygens (including phenoxy) is 1. The van der Waals surface area contributed by atoms with Gasteiger partial charge in [-0.3, -0.25) is 9.69 Å². The van der Waals surface area contributed by atoms with Crippen LogP contribution in [0.5, 0.6) is 0 Å². The van der Waals surface area contributed by atoms with E-state index in [1.54, 1.807) is 24.0 Å². The van der Waals surface area contributed by atoms with Crippen molar-refractivity contribution in [3.8, 4) is 0 Å². The third kappa shape index (κ3) is 3.73. The van der Waals surface area contributed by atoms with Gasteiger partial charge >= 0.3 is 6.03 Å². The molecule has 6 nitrogen and oxygen atoms in total. The number of amides is 3. The lowest BCUT2D eigenvalue weighted by Crippen LogP contribution is -2.51. The number of anilines is 1. The average molecular weight is 395 g/mol. The molecule has 1 fully saturated rings. The zero-order valence-electron chi connectivity index (χ0n) is 16.1. The highest BCUT2D eigenvalue weighted by Crippen LogP contribution is 2.34. The van der Waals surface area contributed by atoms with Gasteiger partial charge in [0.2, 0.25) is 0 Å². The second kappa shape index (κ2) is 8.05. The molecule has 2 aromatic rings. The SMILES string of the molecule is CC1=C(C(=O)N2CCOCC2)[C@@H](c2cccc(F)c2)NC(=O)N1c1ccccc1. The molecule has 1 N–H and O–H groups in total. The fourth-order valence-corrected chi connectivity index (χ4v) is 3.78. The summed E-state index contributed by atoms with van der Waals surface area (Å²) in [6.07, 6.45) is 0. The van der Waals surface area contributed by atoms with Crippen molar-refractivity contribution in [2.75, 3.05) is 31.2 Å². The molecule has 0 saturated carbocycles. The first-order chi connectivity index (χ1) is 14.1. The number of carbonyl (C=O) groups is 2. The molecule has 2 aliphatic heterocycles. The summed E-state index contributed by atoms with van der Waals surface area (Å²) in [5.41, 5.74) is 2.15. The molecule has 2 aromatic carbocycles. The Labute approximate surface area is 168 Å². The molecular weight excluding hydrogens is 373 g/mol. The van der Waals surface area contributed by atoms with Crippen LogP contribution in [0.1, 0.15) is 18.5 Å². The molecule has 0 bridgehead atoms. The molecule has 7 heteroatoms. The van der Waals surface area contributed by atoms with Crippen molar-refractivity contribution < 1.29 is 18.7 Å². The lowest BCUT2D eigenvalue weighted by atomic mass is 9.93. The van der Waals surface area contributed by atoms with Crippen molar-refractivity contribution in [1.29, 1.82) is 0 Å². The Hall–Kier alpha value is -3.19. The fourth-order valence-electron chi connectivity index (χ4n) is 3.78. The van der Waals surface area contributed by atoms with E-state index in [4.69, 9.17) is 4.74 Å². The fraction of sp³-hybridized carbons (Fsp3) is 0.273. The van der Waals surface area contributed by atoms with Gasteiger partial charge in [0.15, 0.2) is 0 Å². The number of nitrogens with one attached hydrogen (secondary N) is 1. The molecule has 150 valence electrons. The van der Waals surface area contributed by atoms with Crippen molar-refractivity contribution in [2.45, 2.75) is 13.0 Å². The Bertz CT molecular complexity index is 955. The predicted molar refractivity (Wildman–Crippen MR) is 107 cm³/mol. The molecule has 29 heavy (non-hydrogen) atoms. The van der Waals surface area contributed by atoms with Gasteiger partial charge in [-0.1, -0.05) is 30.3 Å². The summed E-state index contributed by atoms with van der Waals surface area (Å²) in [5, 5.41) is 2.89. The molecule has 1 saturated heterocycles. The highest BCUT2D eigenvalue weighted by molar-refractivity contribution is 6.04. The third-order valence-electron chi connectivity index (χ3n) is 5.21. The van der Waals surface area contributed by atoms with Crippen LogP contribution in [0.2, 0.25) is 0 Å². The summed E-state index contributed by atoms with van der Waals surface area (Å²) in [6, 6.07) is 14.0. The average Bonchev–Trinajstić information content (AvgIpc) is 2.74. The Morgan fingerprint density at radius 2 is 1.83 bits per heavy atom. The normalized spacial score (nSPS) is 19.9. The van der Waals surface area contributed by atoms with Gasteiger partial charge in [-0.05, 0) is 36.8 Å². The number of hydrogen-bond acceptors (Lipinski definition) is 3. The number of morpholine rings is 1. The third-order valence-corrected chi connectivity index (χ3v) is 5.21. The molecule has 0 aromatic heterocycles. The summed E-state index contributed by atoms with van der Waals surface area (Å²) in [6.45, 7) is 3.65. The molecule has 0 aliphatic carbocycles. The number of rotatable bonds is 3. The minimum Gasteiger partial charge on any atom is -0.378 e. The largest absolute Gasteiger partial charge is 0.378 e. The number of nitrogens with zero attached hydrogens (tertiary/aromatic N) is 2. The maximum Gasteiger partial charge on any atom is 0.326 e. The van der Waals surface area contributed by atoms with E-state index in [9.17, 15) is 14.0 Å². The lowest BCUT2D eigenvalue weighted by Gasteiger charge is -2.38. The van der Waals surface area contributed by atoms with Crippen molar-refractivity contribution in [1.82, 2.24) is 10.2 Å². The Morgan fingerprint density at radius 1 is 1.10 bits per heavy atom. The van der Waals surface area contributed by atoms with Gasteiger partial charge in [0.25, 0.3) is 5.91 Å². The Morgan fingerprint density at radius 3 is 2.52 bits per heavy atom. The van der Waals surface area contributed by atoms with Gasteiger partial charge in [0.1, 0.15) is 5.82 Å². The molecule has 4 rings (SSSR count). The molecular formula is C22H22FN3O3. The topological polar surface area (TPSA) is 61.9 Å². The van der Waals surface area contributed by atoms with Gasteiger partial charge < -0.3 is 15.0 Å². The Balaban J connectivity index is 1.82. The first kappa shape index (κ1) is 19.1. The molecule has 2 heterocycles. The van der Waals surface area contributed by atoms with Crippen molar-refractivity contribution in [2.24, 2.45) is 0 Å². The number of allylic oxidation sites excluding steroid dienone is 1. The second-order valence-corrected chi connectivity index (χ2v) is 7.01. The number of urea groups is 1. The summed E-state index contributed by atoms with van der Waals surface area (Å²) < 4.78 is 19.2. The van der Waals surface area contributed by atoms with E-state index in [1.807, 2.05) is 30.3 Å². The van der Waals surface area contributed by atoms with Crippen LogP contribution in [-0.4, -0.2) is 43.1 Å². The van der Waals surface area contributed by atoms with Gasteiger partial charge in [-0.15, -0.1) is 0 Å². The van der Waals surface area contributed by atoms with Crippen LogP contribution in [0.15, 0.2) is 65.9 Å². The molecule has 0 unspecified atom stereocenters. The van der Waals surface area contributed by atoms with E-state index in [-0.39, 0.29) is 11.9 Å². The number of carbonyl (C=O) groups excluding carboxylic acids is 2. The maximum absolute atomic E-state index is 13.9. The molecule has 0 radical (unpaired) electrons. The molecule has 2 aliphatic rings. The Kier molecular flexibility index (Phi) is 5.31. The zero-order chi connectivity index (χ0) is 20.4. The minimum atomic E-state index is -0.728. The van der Waals surface area contributed by atoms with Crippen LogP contribution in [0.25, 0.3) is 0 Å². The number of para-hydroxylation sites is 1. The van der Waals surface area contributed by atoms with E-state index in [2.05, 4.69) is 5.32 Å². The van der Waals surface area contributed by atoms with Crippen molar-refractivity contribution in [3.63, 3.8) is 0 Å². The van der Waals surface area contributed by atoms with Crippen LogP contribution < -0.4 is 10.2 Å². The standard InChI is InChI=1S/C22H22FN3O3/c1-15-19(21(27)25-10-12-29-13-11-25)20(16-6-5-7-17(23)14-16)24-22(28)26(15)18-8-3-2-4-9-18/h2-9,14,20H,10-13H2,1H3,(H,24,28)/t20-/m1/s1. The molecule has 1 atom stereocenters. The van der Waals surface area contributed by atoms with Crippen LogP contribution in [0, 0.1) is 5.82 Å².